The van der Waals surface area contributed by atoms with E-state index in [2.05, 4.69) is 20.0 Å². The Morgan fingerprint density at radius 2 is 2.08 bits per heavy atom. The number of fused-ring (bicyclic) bond motifs is 1. The quantitative estimate of drug-likeness (QED) is 0.872. The van der Waals surface area contributed by atoms with Crippen LogP contribution in [-0.2, 0) is 17.4 Å². The fourth-order valence-electron chi connectivity index (χ4n) is 2.68. The van der Waals surface area contributed by atoms with Crippen LogP contribution in [0.4, 0.5) is 13.2 Å². The van der Waals surface area contributed by atoms with Crippen LogP contribution in [0.2, 0.25) is 0 Å². The van der Waals surface area contributed by atoms with E-state index in [1.807, 2.05) is 0 Å². The summed E-state index contributed by atoms with van der Waals surface area (Å²) in [5, 5.41) is 6.00. The van der Waals surface area contributed by atoms with Gasteiger partial charge in [-0.3, -0.25) is 9.59 Å². The second-order valence-corrected chi connectivity index (χ2v) is 5.90. The number of alkyl halides is 3. The van der Waals surface area contributed by atoms with E-state index < -0.39 is 18.1 Å². The predicted octanol–water partition coefficient (Wildman–Crippen LogP) is 1.96. The molecule has 26 heavy (non-hydrogen) atoms. The Balaban J connectivity index is 1.56. The molecule has 0 aliphatic carbocycles. The van der Waals surface area contributed by atoms with Crippen LogP contribution in [0.25, 0.3) is 0 Å². The maximum absolute atomic E-state index is 12.4. The van der Waals surface area contributed by atoms with Gasteiger partial charge in [0.2, 0.25) is 5.91 Å². The fraction of sp³-hybridized carbons (Fsp3) is 0.375. The molecule has 0 fully saturated rings. The number of benzene rings is 1. The van der Waals surface area contributed by atoms with E-state index in [0.717, 1.165) is 5.56 Å². The van der Waals surface area contributed by atoms with Gasteiger partial charge < -0.3 is 14.7 Å². The third kappa shape index (κ3) is 3.68. The topological polar surface area (TPSA) is 88.3 Å². The molecule has 7 nitrogen and oxygen atoms in total. The maximum Gasteiger partial charge on any atom is 0.471 e. The number of nitrogens with one attached hydrogen (secondary N) is 1. The molecule has 0 bridgehead atoms. The molecular formula is C16H15F3N4O3. The van der Waals surface area contributed by atoms with Gasteiger partial charge >= 0.3 is 12.1 Å². The fourth-order valence-corrected chi connectivity index (χ4v) is 2.68. The highest BCUT2D eigenvalue weighted by Crippen LogP contribution is 2.28. The average molecular weight is 368 g/mol. The molecule has 0 radical (unpaired) electrons. The lowest BCUT2D eigenvalue weighted by Crippen LogP contribution is -2.32. The number of likely N-dealkylation sites (N-methyl/N-ethyl adjacent to an activating group) is 1. The summed E-state index contributed by atoms with van der Waals surface area (Å²) < 4.78 is 41.4. The molecule has 0 saturated carbocycles. The number of carbonyl (C=O) groups is 2. The zero-order valence-electron chi connectivity index (χ0n) is 13.7. The Morgan fingerprint density at radius 3 is 2.77 bits per heavy atom. The normalized spacial score (nSPS) is 16.3. The van der Waals surface area contributed by atoms with E-state index in [9.17, 15) is 22.8 Å². The molecule has 1 N–H and O–H groups in total. The van der Waals surface area contributed by atoms with Crippen molar-refractivity contribution in [2.24, 2.45) is 0 Å². The molecule has 0 spiro atoms. The predicted molar refractivity (Wildman–Crippen MR) is 81.9 cm³/mol. The highest BCUT2D eigenvalue weighted by atomic mass is 19.4. The smallest absolute Gasteiger partial charge is 0.345 e. The zero-order valence-corrected chi connectivity index (χ0v) is 13.7. The van der Waals surface area contributed by atoms with Crippen LogP contribution < -0.4 is 5.32 Å². The Morgan fingerprint density at radius 1 is 1.35 bits per heavy atom. The summed E-state index contributed by atoms with van der Waals surface area (Å²) in [6, 6.07) is 6.58. The van der Waals surface area contributed by atoms with Crippen LogP contribution >= 0.6 is 0 Å². The molecule has 1 atom stereocenters. The van der Waals surface area contributed by atoms with Gasteiger partial charge in [-0.15, -0.1) is 0 Å². The van der Waals surface area contributed by atoms with E-state index in [1.54, 1.807) is 24.3 Å². The van der Waals surface area contributed by atoms with Gasteiger partial charge in [0, 0.05) is 25.6 Å². The average Bonchev–Trinajstić information content (AvgIpc) is 3.18. The molecule has 2 heterocycles. The minimum absolute atomic E-state index is 0.0232. The zero-order chi connectivity index (χ0) is 18.9. The molecular weight excluding hydrogens is 353 g/mol. The summed E-state index contributed by atoms with van der Waals surface area (Å²) in [6.45, 7) is 0.123. The Labute approximate surface area is 146 Å². The van der Waals surface area contributed by atoms with Crippen molar-refractivity contribution in [1.82, 2.24) is 20.4 Å². The van der Waals surface area contributed by atoms with Crippen molar-refractivity contribution in [3.05, 3.63) is 47.1 Å². The molecule has 1 aliphatic rings. The summed E-state index contributed by atoms with van der Waals surface area (Å²) in [7, 11) is 1.52. The van der Waals surface area contributed by atoms with Crippen molar-refractivity contribution in [2.75, 3.05) is 13.6 Å². The lowest BCUT2D eigenvalue weighted by molar-refractivity contribution is -0.159. The lowest BCUT2D eigenvalue weighted by Gasteiger charge is -2.19. The molecule has 0 saturated heterocycles. The van der Waals surface area contributed by atoms with Crippen molar-refractivity contribution in [1.29, 1.82) is 0 Å². The first-order valence-electron chi connectivity index (χ1n) is 7.79. The third-order valence-corrected chi connectivity index (χ3v) is 4.07. The first kappa shape index (κ1) is 17.9. The maximum atomic E-state index is 12.4. The van der Waals surface area contributed by atoms with Gasteiger partial charge in [0.15, 0.2) is 5.82 Å². The number of hydrogen-bond acceptors (Lipinski definition) is 5. The van der Waals surface area contributed by atoms with Crippen molar-refractivity contribution in [2.45, 2.75) is 25.1 Å². The number of rotatable bonds is 5. The number of hydrogen-bond donors (Lipinski definition) is 1. The van der Waals surface area contributed by atoms with Gasteiger partial charge in [-0.2, -0.15) is 18.2 Å². The van der Waals surface area contributed by atoms with Crippen LogP contribution in [0, 0.1) is 0 Å². The van der Waals surface area contributed by atoms with Gasteiger partial charge in [0.1, 0.15) is 0 Å². The molecule has 2 aromatic rings. The minimum Gasteiger partial charge on any atom is -0.345 e. The van der Waals surface area contributed by atoms with Gasteiger partial charge in [-0.25, -0.2) is 0 Å². The summed E-state index contributed by atoms with van der Waals surface area (Å²) in [6.07, 6.45) is -4.62. The van der Waals surface area contributed by atoms with Crippen molar-refractivity contribution < 1.29 is 27.3 Å². The van der Waals surface area contributed by atoms with Crippen LogP contribution in [0.5, 0.6) is 0 Å². The molecule has 1 aliphatic heterocycles. The summed E-state index contributed by atoms with van der Waals surface area (Å²) in [5.41, 5.74) is 1.30. The lowest BCUT2D eigenvalue weighted by atomic mass is 10.0. The number of nitrogens with zero attached hydrogens (tertiary/aromatic N) is 3. The van der Waals surface area contributed by atoms with E-state index in [4.69, 9.17) is 0 Å². The second-order valence-electron chi connectivity index (χ2n) is 5.90. The standard InChI is InChI=1S/C16H15F3N4O3/c1-23(7-6-12-21-15(26-22-12)16(17,18)19)13(24)8-11-9-4-2-3-5-10(9)14(25)20-11/h2-5,11H,6-8H2,1H3,(H,20,25). The van der Waals surface area contributed by atoms with E-state index in [-0.39, 0.29) is 37.0 Å². The first-order chi connectivity index (χ1) is 12.3. The van der Waals surface area contributed by atoms with Crippen LogP contribution in [0.15, 0.2) is 28.8 Å². The van der Waals surface area contributed by atoms with Gasteiger partial charge in [0.25, 0.3) is 5.91 Å². The number of halogens is 3. The van der Waals surface area contributed by atoms with Crippen LogP contribution in [0.3, 0.4) is 0 Å². The van der Waals surface area contributed by atoms with E-state index in [0.29, 0.717) is 5.56 Å². The first-order valence-corrected chi connectivity index (χ1v) is 7.79. The Bertz CT molecular complexity index is 834. The SMILES string of the molecule is CN(CCc1noc(C(F)(F)F)n1)C(=O)CC1NC(=O)c2ccccc21. The molecule has 3 rings (SSSR count). The largest absolute Gasteiger partial charge is 0.471 e. The third-order valence-electron chi connectivity index (χ3n) is 4.07. The number of aromatic nitrogens is 2. The highest BCUT2D eigenvalue weighted by molar-refractivity contribution is 5.99. The molecule has 10 heteroatoms. The van der Waals surface area contributed by atoms with Gasteiger partial charge in [-0.1, -0.05) is 23.4 Å². The molecule has 2 amide bonds. The molecule has 1 aromatic carbocycles. The van der Waals surface area contributed by atoms with Crippen molar-refractivity contribution in [3.63, 3.8) is 0 Å². The van der Waals surface area contributed by atoms with Crippen LogP contribution in [0.1, 0.15) is 40.1 Å². The molecule has 1 unspecified atom stereocenters. The highest BCUT2D eigenvalue weighted by Gasteiger charge is 2.38. The summed E-state index contributed by atoms with van der Waals surface area (Å²) >= 11 is 0. The van der Waals surface area contributed by atoms with E-state index >= 15 is 0 Å². The van der Waals surface area contributed by atoms with Gasteiger partial charge in [0.05, 0.1) is 12.5 Å². The van der Waals surface area contributed by atoms with Crippen molar-refractivity contribution >= 4 is 11.8 Å². The van der Waals surface area contributed by atoms with Gasteiger partial charge in [-0.05, 0) is 11.6 Å². The number of amides is 2. The van der Waals surface area contributed by atoms with Crippen LogP contribution in [-0.4, -0.2) is 40.4 Å². The Hall–Kier alpha value is -2.91. The second kappa shape index (κ2) is 6.77. The van der Waals surface area contributed by atoms with E-state index in [1.165, 1.54) is 11.9 Å². The minimum atomic E-state index is -4.69. The summed E-state index contributed by atoms with van der Waals surface area (Å²) in [5.74, 6) is -2.03. The molecule has 138 valence electrons. The summed E-state index contributed by atoms with van der Waals surface area (Å²) in [4.78, 5) is 28.8. The number of carbonyl (C=O) groups excluding carboxylic acids is 2. The molecule has 1 aromatic heterocycles. The monoisotopic (exact) mass is 368 g/mol. The Kier molecular flexibility index (Phi) is 4.66. The van der Waals surface area contributed by atoms with Crippen molar-refractivity contribution in [3.8, 4) is 0 Å².